The molecule has 168 valence electrons. The fraction of sp³-hybridized carbons (Fsp3) is 0.565. The van der Waals surface area contributed by atoms with Crippen LogP contribution in [0.15, 0.2) is 18.2 Å². The van der Waals surface area contributed by atoms with Gasteiger partial charge in [-0.1, -0.05) is 6.07 Å². The highest BCUT2D eigenvalue weighted by molar-refractivity contribution is 5.99. The first kappa shape index (κ1) is 21.6. The molecule has 0 aliphatic carbocycles. The minimum absolute atomic E-state index is 0.0571. The molecule has 3 heterocycles. The summed E-state index contributed by atoms with van der Waals surface area (Å²) in [5.41, 5.74) is 1.97. The Morgan fingerprint density at radius 3 is 2.71 bits per heavy atom. The summed E-state index contributed by atoms with van der Waals surface area (Å²) in [5.74, 6) is -0.520. The highest BCUT2D eigenvalue weighted by Crippen LogP contribution is 2.24. The molecule has 0 bridgehead atoms. The van der Waals surface area contributed by atoms with Crippen LogP contribution in [0.3, 0.4) is 0 Å². The Balaban J connectivity index is 1.34. The zero-order valence-corrected chi connectivity index (χ0v) is 18.2. The summed E-state index contributed by atoms with van der Waals surface area (Å²) in [4.78, 5) is 32.0. The van der Waals surface area contributed by atoms with Crippen molar-refractivity contribution in [3.63, 3.8) is 0 Å². The molecule has 2 N–H and O–H groups in total. The number of hydrogen-bond acceptors (Lipinski definition) is 4. The average molecular weight is 431 g/mol. The average Bonchev–Trinajstić information content (AvgIpc) is 3.24. The van der Waals surface area contributed by atoms with E-state index in [1.807, 2.05) is 13.8 Å². The Labute approximate surface area is 181 Å². The van der Waals surface area contributed by atoms with E-state index in [-0.39, 0.29) is 23.9 Å². The number of H-pyrrole nitrogens is 1. The zero-order valence-electron chi connectivity index (χ0n) is 18.2. The molecule has 2 amide bonds. The quantitative estimate of drug-likeness (QED) is 0.779. The Bertz CT molecular complexity index is 913. The molecule has 1 aromatic heterocycles. The highest BCUT2D eigenvalue weighted by atomic mass is 19.1. The van der Waals surface area contributed by atoms with E-state index in [0.29, 0.717) is 42.3 Å². The van der Waals surface area contributed by atoms with E-state index < -0.39 is 0 Å². The number of carbonyl (C=O) groups excluding carboxylic acids is 2. The zero-order chi connectivity index (χ0) is 22.0. The number of hydrogen-bond donors (Lipinski definition) is 2. The molecule has 0 spiro atoms. The van der Waals surface area contributed by atoms with Gasteiger partial charge in [0.05, 0.1) is 12.1 Å². The molecule has 1 aromatic carbocycles. The van der Waals surface area contributed by atoms with E-state index in [1.54, 1.807) is 17.0 Å². The van der Waals surface area contributed by atoms with Gasteiger partial charge in [0.15, 0.2) is 0 Å². The molecule has 2 saturated heterocycles. The van der Waals surface area contributed by atoms with Crippen LogP contribution in [0.2, 0.25) is 0 Å². The van der Waals surface area contributed by atoms with Crippen molar-refractivity contribution in [3.05, 3.63) is 35.3 Å². The molecule has 2 fully saturated rings. The van der Waals surface area contributed by atoms with E-state index >= 15 is 0 Å². The topological polar surface area (TPSA) is 77.7 Å². The summed E-state index contributed by atoms with van der Waals surface area (Å²) in [7, 11) is 0. The Kier molecular flexibility index (Phi) is 6.46. The minimum atomic E-state index is -0.325. The number of aryl methyl sites for hydroxylation is 1. The number of likely N-dealkylation sites (tertiary alicyclic amines) is 2. The molecular weight excluding hydrogens is 399 g/mol. The third-order valence-electron chi connectivity index (χ3n) is 6.49. The van der Waals surface area contributed by atoms with Gasteiger partial charge in [0, 0.05) is 37.1 Å². The predicted molar refractivity (Wildman–Crippen MR) is 117 cm³/mol. The minimum Gasteiger partial charge on any atom is -0.450 e. The largest absolute Gasteiger partial charge is 0.450 e. The summed E-state index contributed by atoms with van der Waals surface area (Å²) < 4.78 is 19.2. The van der Waals surface area contributed by atoms with Gasteiger partial charge in [-0.25, -0.2) is 9.18 Å². The smallest absolute Gasteiger partial charge is 0.409 e. The van der Waals surface area contributed by atoms with Gasteiger partial charge in [0.2, 0.25) is 0 Å². The molecular formula is C23H31FN4O3. The number of rotatable bonds is 4. The molecule has 2 aliphatic rings. The van der Waals surface area contributed by atoms with Gasteiger partial charge in [0.1, 0.15) is 11.5 Å². The second kappa shape index (κ2) is 9.26. The van der Waals surface area contributed by atoms with Crippen molar-refractivity contribution >= 4 is 22.9 Å². The molecule has 0 unspecified atom stereocenters. The van der Waals surface area contributed by atoms with Gasteiger partial charge in [-0.05, 0) is 63.8 Å². The molecule has 31 heavy (non-hydrogen) atoms. The fourth-order valence-electron chi connectivity index (χ4n) is 4.79. The third-order valence-corrected chi connectivity index (χ3v) is 6.49. The maximum absolute atomic E-state index is 14.1. The number of aromatic amines is 1. The van der Waals surface area contributed by atoms with Crippen molar-refractivity contribution in [1.82, 2.24) is 20.1 Å². The van der Waals surface area contributed by atoms with Crippen LogP contribution in [-0.4, -0.2) is 71.7 Å². The number of ether oxygens (including phenoxy) is 1. The normalized spacial score (nSPS) is 20.7. The van der Waals surface area contributed by atoms with Crippen LogP contribution in [0.5, 0.6) is 0 Å². The van der Waals surface area contributed by atoms with E-state index in [1.165, 1.54) is 6.07 Å². The molecule has 4 rings (SSSR count). The monoisotopic (exact) mass is 430 g/mol. The summed E-state index contributed by atoms with van der Waals surface area (Å²) in [6.45, 7) is 7.33. The van der Waals surface area contributed by atoms with Crippen molar-refractivity contribution in [2.24, 2.45) is 0 Å². The van der Waals surface area contributed by atoms with Crippen molar-refractivity contribution in [2.75, 3.05) is 32.8 Å². The van der Waals surface area contributed by atoms with E-state index in [4.69, 9.17) is 4.74 Å². The number of aromatic nitrogens is 1. The molecule has 0 saturated carbocycles. The highest BCUT2D eigenvalue weighted by Gasteiger charge is 2.31. The SMILES string of the molecule is CCOC(=O)N1CCC(N2CCC[C@@H](NC(=O)c3cc4c(F)ccc(C)c4[nH]3)C2)CC1. The van der Waals surface area contributed by atoms with E-state index in [0.717, 1.165) is 44.3 Å². The Morgan fingerprint density at radius 2 is 2.00 bits per heavy atom. The molecule has 2 aliphatic heterocycles. The molecule has 8 heteroatoms. The Hall–Kier alpha value is -2.61. The number of piperidine rings is 2. The number of fused-ring (bicyclic) bond motifs is 1. The maximum atomic E-state index is 14.1. The standard InChI is InChI=1S/C23H31FN4O3/c1-3-31-23(30)27-11-8-17(9-12-27)28-10-4-5-16(14-28)25-22(29)20-13-18-19(24)7-6-15(2)21(18)26-20/h6-7,13,16-17,26H,3-5,8-12,14H2,1-2H3,(H,25,29)/t16-/m1/s1. The maximum Gasteiger partial charge on any atom is 0.409 e. The second-order valence-corrected chi connectivity index (χ2v) is 8.56. The van der Waals surface area contributed by atoms with Crippen LogP contribution in [0.1, 0.15) is 48.7 Å². The molecule has 0 radical (unpaired) electrons. The lowest BCUT2D eigenvalue weighted by atomic mass is 9.98. The number of carbonyl (C=O) groups is 2. The van der Waals surface area contributed by atoms with Gasteiger partial charge in [-0.2, -0.15) is 0 Å². The lowest BCUT2D eigenvalue weighted by Crippen LogP contribution is -2.54. The lowest BCUT2D eigenvalue weighted by molar-refractivity contribution is 0.0601. The second-order valence-electron chi connectivity index (χ2n) is 8.56. The van der Waals surface area contributed by atoms with E-state index in [2.05, 4.69) is 15.2 Å². The van der Waals surface area contributed by atoms with Crippen molar-refractivity contribution < 1.29 is 18.7 Å². The van der Waals surface area contributed by atoms with E-state index in [9.17, 15) is 14.0 Å². The number of halogens is 1. The van der Waals surface area contributed by atoms with Gasteiger partial charge >= 0.3 is 6.09 Å². The third kappa shape index (κ3) is 4.69. The van der Waals surface area contributed by atoms with Crippen LogP contribution in [0, 0.1) is 12.7 Å². The Morgan fingerprint density at radius 1 is 1.23 bits per heavy atom. The first-order chi connectivity index (χ1) is 15.0. The molecule has 7 nitrogen and oxygen atoms in total. The van der Waals surface area contributed by atoms with Crippen LogP contribution in [0.4, 0.5) is 9.18 Å². The summed E-state index contributed by atoms with van der Waals surface area (Å²) in [6, 6.07) is 5.21. The van der Waals surface area contributed by atoms with Gasteiger partial charge in [-0.3, -0.25) is 9.69 Å². The first-order valence-corrected chi connectivity index (χ1v) is 11.2. The summed E-state index contributed by atoms with van der Waals surface area (Å²) >= 11 is 0. The van der Waals surface area contributed by atoms with Crippen LogP contribution in [-0.2, 0) is 4.74 Å². The fourth-order valence-corrected chi connectivity index (χ4v) is 4.79. The number of benzene rings is 1. The van der Waals surface area contributed by atoms with Crippen LogP contribution >= 0.6 is 0 Å². The summed E-state index contributed by atoms with van der Waals surface area (Å²) in [6.07, 6.45) is 3.55. The van der Waals surface area contributed by atoms with Crippen molar-refractivity contribution in [1.29, 1.82) is 0 Å². The number of amides is 2. The number of nitrogens with one attached hydrogen (secondary N) is 2. The van der Waals surface area contributed by atoms with Gasteiger partial charge < -0.3 is 19.9 Å². The van der Waals surface area contributed by atoms with Crippen molar-refractivity contribution in [3.8, 4) is 0 Å². The molecule has 1 atom stereocenters. The lowest BCUT2D eigenvalue weighted by Gasteiger charge is -2.42. The van der Waals surface area contributed by atoms with Crippen LogP contribution in [0.25, 0.3) is 10.9 Å². The van der Waals surface area contributed by atoms with Crippen molar-refractivity contribution in [2.45, 2.75) is 51.6 Å². The first-order valence-electron chi connectivity index (χ1n) is 11.2. The summed E-state index contributed by atoms with van der Waals surface area (Å²) in [5, 5.41) is 3.58. The van der Waals surface area contributed by atoms with Gasteiger partial charge in [0.25, 0.3) is 5.91 Å². The molecule has 2 aromatic rings. The predicted octanol–water partition coefficient (Wildman–Crippen LogP) is 3.43. The van der Waals surface area contributed by atoms with Crippen LogP contribution < -0.4 is 5.32 Å². The number of nitrogens with zero attached hydrogens (tertiary/aromatic N) is 2. The van der Waals surface area contributed by atoms with Gasteiger partial charge in [-0.15, -0.1) is 0 Å².